The number of benzene rings is 2. The van der Waals surface area contributed by atoms with Crippen LogP contribution >= 0.6 is 0 Å². The number of hydrogen-bond donors (Lipinski definition) is 2. The van der Waals surface area contributed by atoms with Gasteiger partial charge >= 0.3 is 140 Å². The molecule has 3 rings (SSSR count). The Morgan fingerprint density at radius 1 is 0.929 bits per heavy atom. The van der Waals surface area contributed by atoms with Gasteiger partial charge in [-0.05, 0) is 0 Å². The number of carboxylic acids is 2. The molecule has 148 valence electrons. The summed E-state index contributed by atoms with van der Waals surface area (Å²) in [5.74, 6) is -1.92. The van der Waals surface area contributed by atoms with Gasteiger partial charge in [0.1, 0.15) is 0 Å². The summed E-state index contributed by atoms with van der Waals surface area (Å²) in [7, 11) is 4.32. The molecule has 0 saturated carbocycles. The molecule has 0 amide bonds. The average Bonchev–Trinajstić information content (AvgIpc) is 2.66. The number of aliphatic carboxylic acids is 2. The van der Waals surface area contributed by atoms with E-state index in [4.69, 9.17) is 10.2 Å². The first-order valence-corrected chi connectivity index (χ1v) is 10.7. The molecule has 5 nitrogen and oxygen atoms in total. The normalized spacial score (nSPS) is 12.8. The molecule has 0 spiro atoms. The van der Waals surface area contributed by atoms with Crippen LogP contribution in [0.3, 0.4) is 0 Å². The molecule has 0 fully saturated rings. The van der Waals surface area contributed by atoms with Gasteiger partial charge in [0.05, 0.1) is 0 Å². The van der Waals surface area contributed by atoms with Crippen LogP contribution in [-0.4, -0.2) is 62.6 Å². The molecule has 0 saturated heterocycles. The maximum absolute atomic E-state index is 9.55. The molecule has 0 radical (unpaired) electrons. The van der Waals surface area contributed by atoms with Crippen molar-refractivity contribution in [3.8, 4) is 0 Å². The van der Waals surface area contributed by atoms with E-state index in [1.54, 1.807) is 20.1 Å². The summed E-state index contributed by atoms with van der Waals surface area (Å²) >= 11 is 0.477. The number of hydrogen-bond acceptors (Lipinski definition) is 3. The van der Waals surface area contributed by atoms with Gasteiger partial charge in [0.25, 0.3) is 0 Å². The summed E-state index contributed by atoms with van der Waals surface area (Å²) < 4.78 is 3.15. The van der Waals surface area contributed by atoms with E-state index in [0.29, 0.717) is 33.0 Å². The second kappa shape index (κ2) is 10.8. The van der Waals surface area contributed by atoms with E-state index < -0.39 is 11.9 Å². The van der Waals surface area contributed by atoms with Gasteiger partial charge in [-0.25, -0.2) is 9.59 Å². The van der Waals surface area contributed by atoms with Gasteiger partial charge in [-0.2, -0.15) is 0 Å². The maximum Gasteiger partial charge on any atom is 0.328 e. The van der Waals surface area contributed by atoms with E-state index in [0.717, 1.165) is 0 Å². The monoisotopic (exact) mass is 447 g/mol. The van der Waals surface area contributed by atoms with Crippen LogP contribution < -0.4 is 8.92 Å². The summed E-state index contributed by atoms with van der Waals surface area (Å²) in [5.41, 5.74) is 3.15. The minimum Gasteiger partial charge on any atom is -0.478 e. The van der Waals surface area contributed by atoms with Crippen LogP contribution in [0.2, 0.25) is 0 Å². The van der Waals surface area contributed by atoms with Gasteiger partial charge in [-0.15, -0.1) is 0 Å². The first-order valence-electron chi connectivity index (χ1n) is 9.03. The second-order valence-corrected chi connectivity index (χ2v) is 8.96. The molecule has 2 aromatic carbocycles. The minimum absolute atomic E-state index is 0.477. The molecule has 0 aliphatic carbocycles. The minimum atomic E-state index is -1.26. The smallest absolute Gasteiger partial charge is 0.328 e. The van der Waals surface area contributed by atoms with Gasteiger partial charge in [0.15, 0.2) is 0 Å². The van der Waals surface area contributed by atoms with Gasteiger partial charge < -0.3 is 10.2 Å². The molecule has 1 heterocycles. The van der Waals surface area contributed by atoms with Gasteiger partial charge in [-0.1, -0.05) is 0 Å². The van der Waals surface area contributed by atoms with Crippen molar-refractivity contribution in [3.05, 3.63) is 71.8 Å². The molecule has 2 aromatic rings. The number of carboxylic acid groups (broad SMARTS) is 2. The molecule has 1 aliphatic heterocycles. The molecule has 1 aliphatic rings. The molecule has 0 unspecified atom stereocenters. The Hall–Kier alpha value is -2.40. The van der Waals surface area contributed by atoms with Crippen molar-refractivity contribution in [2.75, 3.05) is 20.6 Å². The third-order valence-electron chi connectivity index (χ3n) is 4.28. The fraction of sp³-hybridized carbons (Fsp3) is 0.273. The summed E-state index contributed by atoms with van der Waals surface area (Å²) in [5, 5.41) is 15.6. The Bertz CT molecular complexity index is 786. The van der Waals surface area contributed by atoms with Gasteiger partial charge in [-0.3, -0.25) is 0 Å². The third kappa shape index (κ3) is 6.64. The molecule has 0 aromatic heterocycles. The van der Waals surface area contributed by atoms with E-state index >= 15 is 0 Å². The van der Waals surface area contributed by atoms with Crippen molar-refractivity contribution in [2.24, 2.45) is 0 Å². The van der Waals surface area contributed by atoms with Crippen molar-refractivity contribution in [1.82, 2.24) is 4.90 Å². The van der Waals surface area contributed by atoms with Crippen LogP contribution in [0.4, 0.5) is 0 Å². The largest absolute Gasteiger partial charge is 0.478 e. The van der Waals surface area contributed by atoms with Gasteiger partial charge in [0, 0.05) is 12.2 Å². The van der Waals surface area contributed by atoms with Gasteiger partial charge in [0.2, 0.25) is 0 Å². The summed E-state index contributed by atoms with van der Waals surface area (Å²) in [6.45, 7) is 1.17. The van der Waals surface area contributed by atoms with Crippen molar-refractivity contribution >= 4 is 35.8 Å². The number of nitrogens with zero attached hydrogens (tertiary/aromatic N) is 1. The topological polar surface area (TPSA) is 77.8 Å². The van der Waals surface area contributed by atoms with Crippen LogP contribution in [0, 0.1) is 0 Å². The Kier molecular flexibility index (Phi) is 8.45. The number of fused-ring (bicyclic) bond motifs is 2. The fourth-order valence-corrected chi connectivity index (χ4v) is 5.56. The van der Waals surface area contributed by atoms with Crippen molar-refractivity contribution in [1.29, 1.82) is 0 Å². The zero-order valence-corrected chi connectivity index (χ0v) is 17.8. The first-order chi connectivity index (χ1) is 13.4. The van der Waals surface area contributed by atoms with Crippen molar-refractivity contribution in [3.63, 3.8) is 0 Å². The van der Waals surface area contributed by atoms with E-state index in [9.17, 15) is 9.59 Å². The Morgan fingerprint density at radius 2 is 1.39 bits per heavy atom. The van der Waals surface area contributed by atoms with Crippen LogP contribution in [0.15, 0.2) is 60.7 Å². The number of carbonyl (C=O) groups is 2. The Morgan fingerprint density at radius 3 is 1.82 bits per heavy atom. The quantitative estimate of drug-likeness (QED) is 0.523. The molecular weight excluding hydrogens is 421 g/mol. The van der Waals surface area contributed by atoms with Crippen LogP contribution in [0.1, 0.15) is 29.9 Å². The van der Waals surface area contributed by atoms with E-state index in [1.165, 1.54) is 19.4 Å². The first kappa shape index (κ1) is 21.9. The molecule has 28 heavy (non-hydrogen) atoms. The third-order valence-corrected chi connectivity index (χ3v) is 6.76. The zero-order chi connectivity index (χ0) is 20.5. The zero-order valence-electron chi connectivity index (χ0n) is 16.0. The Balaban J connectivity index is 0.000000300. The molecule has 0 bridgehead atoms. The predicted molar refractivity (Wildman–Crippen MR) is 112 cm³/mol. The predicted octanol–water partition coefficient (Wildman–Crippen LogP) is 1.84. The molecule has 0 atom stereocenters. The molecule has 2 N–H and O–H groups in total. The van der Waals surface area contributed by atoms with Crippen LogP contribution in [0.25, 0.3) is 0 Å². The molecule has 6 heteroatoms. The summed E-state index contributed by atoms with van der Waals surface area (Å²) in [6.07, 6.45) is 3.63. The van der Waals surface area contributed by atoms with E-state index in [-0.39, 0.29) is 0 Å². The van der Waals surface area contributed by atoms with Crippen molar-refractivity contribution < 1.29 is 19.8 Å². The summed E-state index contributed by atoms with van der Waals surface area (Å²) in [4.78, 5) is 21.4. The summed E-state index contributed by atoms with van der Waals surface area (Å²) in [6, 6.07) is 18.1. The van der Waals surface area contributed by atoms with Crippen molar-refractivity contribution in [2.45, 2.75) is 18.8 Å². The molecular formula is C22H25NO4Se. The van der Waals surface area contributed by atoms with E-state index in [2.05, 4.69) is 67.5 Å². The number of rotatable bonds is 6. The van der Waals surface area contributed by atoms with Crippen LogP contribution in [0.5, 0.6) is 0 Å². The Labute approximate surface area is 171 Å². The SMILES string of the molecule is CN(C)CCCC1c2ccccc2[Se]c2ccccc21.O=C(O)/C=C\C(=O)O. The second-order valence-electron chi connectivity index (χ2n) is 6.69. The fourth-order valence-electron chi connectivity index (χ4n) is 3.07. The standard InChI is InChI=1S/C18H21NSe.C4H4O4/c1-19(2)13-7-10-14-15-8-3-5-11-17(15)20-18-12-6-4-9-16(14)18;5-3(6)1-2-4(7)8/h3-6,8-9,11-12,14H,7,10,13H2,1-2H3;1-2H,(H,5,6)(H,7,8)/b;2-1-. The van der Waals surface area contributed by atoms with E-state index in [1.807, 2.05) is 0 Å². The van der Waals surface area contributed by atoms with Crippen LogP contribution in [-0.2, 0) is 9.59 Å². The average molecular weight is 446 g/mol. The maximum atomic E-state index is 9.55.